The molecule has 2 aromatic carbocycles. The number of benzene rings is 2. The maximum Gasteiger partial charge on any atom is 0.312 e. The van der Waals surface area contributed by atoms with Crippen molar-refractivity contribution >= 4 is 21.6 Å². The van der Waals surface area contributed by atoms with Crippen molar-refractivity contribution in [3.63, 3.8) is 0 Å². The molecule has 0 atom stereocenters. The Bertz CT molecular complexity index is 1140. The predicted molar refractivity (Wildman–Crippen MR) is 121 cm³/mol. The molecule has 0 N–H and O–H groups in total. The Labute approximate surface area is 192 Å². The highest BCUT2D eigenvalue weighted by Crippen LogP contribution is 2.30. The molecule has 0 aliphatic carbocycles. The molecule has 0 radical (unpaired) electrons. The second-order valence-corrected chi connectivity index (χ2v) is 9.68. The van der Waals surface area contributed by atoms with Crippen molar-refractivity contribution < 1.29 is 27.6 Å². The minimum absolute atomic E-state index is 0.0163. The van der Waals surface area contributed by atoms with Crippen molar-refractivity contribution in [1.29, 1.82) is 0 Å². The van der Waals surface area contributed by atoms with Gasteiger partial charge in [0.2, 0.25) is 15.9 Å². The molecule has 0 aromatic heterocycles. The Morgan fingerprint density at radius 2 is 1.76 bits per heavy atom. The van der Waals surface area contributed by atoms with Gasteiger partial charge in [0, 0.05) is 32.2 Å². The van der Waals surface area contributed by atoms with Crippen LogP contribution in [0, 0.1) is 24.0 Å². The lowest BCUT2D eigenvalue weighted by Crippen LogP contribution is -2.50. The van der Waals surface area contributed by atoms with Crippen molar-refractivity contribution in [3.8, 4) is 11.5 Å². The van der Waals surface area contributed by atoms with E-state index in [1.807, 2.05) is 32.0 Å². The molecule has 0 unspecified atom stereocenters. The zero-order valence-corrected chi connectivity index (χ0v) is 19.6. The van der Waals surface area contributed by atoms with Crippen molar-refractivity contribution in [2.75, 3.05) is 39.9 Å². The second-order valence-electron chi connectivity index (χ2n) is 7.74. The molecule has 0 bridgehead atoms. The van der Waals surface area contributed by atoms with Gasteiger partial charge in [0.1, 0.15) is 5.75 Å². The Hall–Kier alpha value is -3.18. The maximum absolute atomic E-state index is 13.0. The highest BCUT2D eigenvalue weighted by Gasteiger charge is 2.31. The van der Waals surface area contributed by atoms with Crippen LogP contribution in [0.4, 0.5) is 5.69 Å². The van der Waals surface area contributed by atoms with E-state index in [-0.39, 0.29) is 55.8 Å². The highest BCUT2D eigenvalue weighted by molar-refractivity contribution is 7.89. The summed E-state index contributed by atoms with van der Waals surface area (Å²) in [6.07, 6.45) is 0.185. The Kier molecular flexibility index (Phi) is 7.54. The van der Waals surface area contributed by atoms with E-state index in [4.69, 9.17) is 9.47 Å². The largest absolute Gasteiger partial charge is 0.493 e. The molecule has 178 valence electrons. The SMILES string of the molecule is COc1ccc(S(=O)(=O)N2CCN(C(=O)CCOc3cc(C)ccc3C)CC2)cc1[N+](=O)[O-]. The first-order chi connectivity index (χ1) is 15.6. The van der Waals surface area contributed by atoms with Crippen LogP contribution < -0.4 is 9.47 Å². The number of nitro benzene ring substituents is 1. The summed E-state index contributed by atoms with van der Waals surface area (Å²) < 4.78 is 37.8. The van der Waals surface area contributed by atoms with Crippen LogP contribution in [0.25, 0.3) is 0 Å². The number of carbonyl (C=O) groups is 1. The van der Waals surface area contributed by atoms with Crippen LogP contribution in [0.5, 0.6) is 11.5 Å². The van der Waals surface area contributed by atoms with E-state index in [1.165, 1.54) is 23.5 Å². The number of rotatable bonds is 8. The maximum atomic E-state index is 13.0. The molecule has 2 aromatic rings. The average molecular weight is 478 g/mol. The highest BCUT2D eigenvalue weighted by atomic mass is 32.2. The Morgan fingerprint density at radius 3 is 2.39 bits per heavy atom. The molecule has 10 nitrogen and oxygen atoms in total. The number of amides is 1. The number of aryl methyl sites for hydroxylation is 2. The molecule has 1 aliphatic heterocycles. The van der Waals surface area contributed by atoms with E-state index < -0.39 is 20.6 Å². The van der Waals surface area contributed by atoms with Gasteiger partial charge in [0.25, 0.3) is 0 Å². The predicted octanol–water partition coefficient (Wildman–Crippen LogP) is 2.52. The molecule has 1 aliphatic rings. The fraction of sp³-hybridized carbons (Fsp3) is 0.409. The molecular formula is C22H27N3O7S. The molecular weight excluding hydrogens is 450 g/mol. The van der Waals surface area contributed by atoms with Crippen molar-refractivity contribution in [3.05, 3.63) is 57.6 Å². The lowest BCUT2D eigenvalue weighted by Gasteiger charge is -2.34. The number of ether oxygens (including phenoxy) is 2. The summed E-state index contributed by atoms with van der Waals surface area (Å²) in [5, 5.41) is 11.2. The van der Waals surface area contributed by atoms with Crippen molar-refractivity contribution in [2.24, 2.45) is 0 Å². The number of hydrogen-bond donors (Lipinski definition) is 0. The Morgan fingerprint density at radius 1 is 1.06 bits per heavy atom. The lowest BCUT2D eigenvalue weighted by atomic mass is 10.1. The summed E-state index contributed by atoms with van der Waals surface area (Å²) in [4.78, 5) is 24.5. The van der Waals surface area contributed by atoms with Crippen molar-refractivity contribution in [2.45, 2.75) is 25.2 Å². The summed E-state index contributed by atoms with van der Waals surface area (Å²) in [5.41, 5.74) is 1.64. The van der Waals surface area contributed by atoms with Gasteiger partial charge < -0.3 is 14.4 Å². The minimum atomic E-state index is -3.94. The molecule has 1 fully saturated rings. The molecule has 11 heteroatoms. The van der Waals surface area contributed by atoms with Crippen LogP contribution >= 0.6 is 0 Å². The van der Waals surface area contributed by atoms with Crippen LogP contribution in [0.1, 0.15) is 17.5 Å². The van der Waals surface area contributed by atoms with E-state index in [9.17, 15) is 23.3 Å². The molecule has 0 saturated carbocycles. The van der Waals surface area contributed by atoms with Gasteiger partial charge in [-0.2, -0.15) is 4.31 Å². The van der Waals surface area contributed by atoms with E-state index in [0.29, 0.717) is 0 Å². The first-order valence-electron chi connectivity index (χ1n) is 10.4. The molecule has 1 heterocycles. The van der Waals surface area contributed by atoms with E-state index in [0.717, 1.165) is 22.9 Å². The normalized spacial score (nSPS) is 14.7. The van der Waals surface area contributed by atoms with Crippen LogP contribution in [-0.4, -0.2) is 68.3 Å². The monoisotopic (exact) mass is 477 g/mol. The third kappa shape index (κ3) is 5.60. The van der Waals surface area contributed by atoms with Gasteiger partial charge in [-0.25, -0.2) is 8.42 Å². The summed E-state index contributed by atoms with van der Waals surface area (Å²) in [6, 6.07) is 9.42. The van der Waals surface area contributed by atoms with Gasteiger partial charge in [0.15, 0.2) is 5.75 Å². The smallest absolute Gasteiger partial charge is 0.312 e. The third-order valence-corrected chi connectivity index (χ3v) is 7.39. The first kappa shape index (κ1) is 24.5. The zero-order valence-electron chi connectivity index (χ0n) is 18.8. The number of nitro groups is 1. The van der Waals surface area contributed by atoms with Gasteiger partial charge in [-0.1, -0.05) is 12.1 Å². The quantitative estimate of drug-likeness (QED) is 0.423. The summed E-state index contributed by atoms with van der Waals surface area (Å²) in [5.74, 6) is 0.613. The standard InChI is InChI=1S/C22H27N3O7S/c1-16-4-5-17(2)21(14-16)32-13-8-22(26)23-9-11-24(12-10-23)33(29,30)18-6-7-20(31-3)19(15-18)25(27)28/h4-7,14-15H,8-13H2,1-3H3. The number of methoxy groups -OCH3 is 1. The molecule has 0 spiro atoms. The van der Waals surface area contributed by atoms with Crippen LogP contribution in [-0.2, 0) is 14.8 Å². The Balaban J connectivity index is 1.57. The van der Waals surface area contributed by atoms with Crippen LogP contribution in [0.2, 0.25) is 0 Å². The number of piperazine rings is 1. The molecule has 1 amide bonds. The summed E-state index contributed by atoms with van der Waals surface area (Å²) >= 11 is 0. The third-order valence-electron chi connectivity index (χ3n) is 5.49. The van der Waals surface area contributed by atoms with Gasteiger partial charge in [-0.15, -0.1) is 0 Å². The zero-order chi connectivity index (χ0) is 24.2. The lowest BCUT2D eigenvalue weighted by molar-refractivity contribution is -0.386. The van der Waals surface area contributed by atoms with E-state index in [2.05, 4.69) is 0 Å². The van der Waals surface area contributed by atoms with Gasteiger partial charge in [0.05, 0.1) is 30.0 Å². The van der Waals surface area contributed by atoms with Gasteiger partial charge >= 0.3 is 5.69 Å². The topological polar surface area (TPSA) is 119 Å². The van der Waals surface area contributed by atoms with E-state index in [1.54, 1.807) is 4.90 Å². The van der Waals surface area contributed by atoms with E-state index >= 15 is 0 Å². The molecule has 33 heavy (non-hydrogen) atoms. The van der Waals surface area contributed by atoms with Crippen molar-refractivity contribution in [1.82, 2.24) is 9.21 Å². The number of hydrogen-bond acceptors (Lipinski definition) is 7. The number of carbonyl (C=O) groups excluding carboxylic acids is 1. The average Bonchev–Trinajstić information content (AvgIpc) is 2.80. The first-order valence-corrected chi connectivity index (χ1v) is 11.9. The molecule has 3 rings (SSSR count). The number of nitrogens with zero attached hydrogens (tertiary/aromatic N) is 3. The van der Waals surface area contributed by atoms with Gasteiger partial charge in [-0.3, -0.25) is 14.9 Å². The number of sulfonamides is 1. The van der Waals surface area contributed by atoms with Gasteiger partial charge in [-0.05, 0) is 43.2 Å². The fourth-order valence-corrected chi connectivity index (χ4v) is 5.01. The minimum Gasteiger partial charge on any atom is -0.493 e. The fourth-order valence-electron chi connectivity index (χ4n) is 3.57. The molecule has 1 saturated heterocycles. The van der Waals surface area contributed by atoms with Crippen LogP contribution in [0.15, 0.2) is 41.3 Å². The second kappa shape index (κ2) is 10.2. The van der Waals surface area contributed by atoms with Crippen LogP contribution in [0.3, 0.4) is 0 Å². The summed E-state index contributed by atoms with van der Waals surface area (Å²) in [6.45, 7) is 4.82. The summed E-state index contributed by atoms with van der Waals surface area (Å²) in [7, 11) is -2.67.